The van der Waals surface area contributed by atoms with E-state index >= 15 is 0 Å². The Morgan fingerprint density at radius 3 is 2.47 bits per heavy atom. The number of anilines is 1. The molecule has 3 heteroatoms. The number of benzene rings is 1. The Balaban J connectivity index is 2.05. The molecule has 1 heterocycles. The lowest BCUT2D eigenvalue weighted by atomic mass is 10.1. The van der Waals surface area contributed by atoms with Gasteiger partial charge in [-0.3, -0.25) is 4.98 Å². The van der Waals surface area contributed by atoms with E-state index in [1.165, 1.54) is 5.56 Å². The zero-order valence-electron chi connectivity index (χ0n) is 11.6. The average Bonchev–Trinajstić information content (AvgIpc) is 2.47. The van der Waals surface area contributed by atoms with Gasteiger partial charge < -0.3 is 10.6 Å². The van der Waals surface area contributed by atoms with Crippen LogP contribution in [0.25, 0.3) is 0 Å². The van der Waals surface area contributed by atoms with Gasteiger partial charge in [-0.05, 0) is 24.1 Å². The van der Waals surface area contributed by atoms with E-state index in [9.17, 15) is 0 Å². The van der Waals surface area contributed by atoms with Crippen LogP contribution in [-0.2, 0) is 6.54 Å². The van der Waals surface area contributed by atoms with E-state index in [1.54, 1.807) is 0 Å². The zero-order chi connectivity index (χ0) is 13.7. The second-order valence-corrected chi connectivity index (χ2v) is 4.80. The maximum absolute atomic E-state index is 5.97. The Bertz CT molecular complexity index is 493. The van der Waals surface area contributed by atoms with Gasteiger partial charge in [0.2, 0.25) is 0 Å². The molecule has 2 N–H and O–H groups in total. The summed E-state index contributed by atoms with van der Waals surface area (Å²) in [6.45, 7) is 2.95. The summed E-state index contributed by atoms with van der Waals surface area (Å²) in [5.74, 6) is 0. The minimum absolute atomic E-state index is 0.0356. The molecule has 0 aliphatic heterocycles. The molecule has 1 aromatic heterocycles. The smallest absolute Gasteiger partial charge is 0.0572 e. The number of rotatable bonds is 5. The van der Waals surface area contributed by atoms with Crippen molar-refractivity contribution in [3.05, 3.63) is 59.9 Å². The lowest BCUT2D eigenvalue weighted by molar-refractivity contribution is 0.675. The minimum atomic E-state index is 0.0356. The summed E-state index contributed by atoms with van der Waals surface area (Å²) < 4.78 is 0. The fourth-order valence-electron chi connectivity index (χ4n) is 2.00. The van der Waals surface area contributed by atoms with Crippen molar-refractivity contribution in [1.82, 2.24) is 4.98 Å². The van der Waals surface area contributed by atoms with Crippen LogP contribution in [-0.4, -0.2) is 12.0 Å². The molecule has 2 aromatic rings. The lowest BCUT2D eigenvalue weighted by Crippen LogP contribution is -2.17. The fraction of sp³-hybridized carbons (Fsp3) is 0.312. The van der Waals surface area contributed by atoms with Gasteiger partial charge in [0.25, 0.3) is 0 Å². The molecule has 0 spiro atoms. The van der Waals surface area contributed by atoms with Crippen LogP contribution in [0.4, 0.5) is 5.69 Å². The van der Waals surface area contributed by atoms with Gasteiger partial charge in [0.05, 0.1) is 17.6 Å². The first-order chi connectivity index (χ1) is 9.20. The van der Waals surface area contributed by atoms with Gasteiger partial charge in [0.1, 0.15) is 0 Å². The highest BCUT2D eigenvalue weighted by molar-refractivity contribution is 5.44. The molecule has 0 aliphatic rings. The number of aromatic nitrogens is 1. The van der Waals surface area contributed by atoms with Crippen molar-refractivity contribution in [2.24, 2.45) is 5.73 Å². The molecule has 1 atom stereocenters. The maximum Gasteiger partial charge on any atom is 0.0572 e. The van der Waals surface area contributed by atoms with E-state index in [0.29, 0.717) is 0 Å². The molecule has 0 fully saturated rings. The Labute approximate surface area is 115 Å². The van der Waals surface area contributed by atoms with Crippen molar-refractivity contribution in [2.45, 2.75) is 25.9 Å². The summed E-state index contributed by atoms with van der Waals surface area (Å²) in [7, 11) is 2.07. The van der Waals surface area contributed by atoms with Gasteiger partial charge in [-0.1, -0.05) is 37.3 Å². The second kappa shape index (κ2) is 6.34. The summed E-state index contributed by atoms with van der Waals surface area (Å²) in [6, 6.07) is 14.6. The van der Waals surface area contributed by atoms with Crippen LogP contribution in [0.1, 0.15) is 30.6 Å². The van der Waals surface area contributed by atoms with E-state index in [0.717, 1.165) is 24.3 Å². The normalized spacial score (nSPS) is 12.2. The van der Waals surface area contributed by atoms with Crippen molar-refractivity contribution >= 4 is 5.69 Å². The van der Waals surface area contributed by atoms with Crippen molar-refractivity contribution < 1.29 is 0 Å². The predicted molar refractivity (Wildman–Crippen MR) is 80.0 cm³/mol. The monoisotopic (exact) mass is 255 g/mol. The molecule has 3 nitrogen and oxygen atoms in total. The first kappa shape index (κ1) is 13.6. The van der Waals surface area contributed by atoms with Crippen LogP contribution in [0.15, 0.2) is 48.7 Å². The summed E-state index contributed by atoms with van der Waals surface area (Å²) in [6.07, 6.45) is 2.81. The maximum atomic E-state index is 5.97. The van der Waals surface area contributed by atoms with E-state index in [2.05, 4.69) is 54.2 Å². The summed E-state index contributed by atoms with van der Waals surface area (Å²) in [5, 5.41) is 0. The number of hydrogen-bond acceptors (Lipinski definition) is 3. The molecular formula is C16H21N3. The highest BCUT2D eigenvalue weighted by atomic mass is 15.1. The molecule has 1 aromatic carbocycles. The van der Waals surface area contributed by atoms with Crippen molar-refractivity contribution in [3.63, 3.8) is 0 Å². The molecule has 100 valence electrons. The molecule has 0 saturated carbocycles. The first-order valence-corrected chi connectivity index (χ1v) is 6.67. The van der Waals surface area contributed by atoms with Gasteiger partial charge in [0, 0.05) is 19.6 Å². The van der Waals surface area contributed by atoms with Crippen LogP contribution in [0.5, 0.6) is 0 Å². The summed E-state index contributed by atoms with van der Waals surface area (Å²) in [5.41, 5.74) is 9.32. The molecule has 0 aliphatic carbocycles. The fourth-order valence-corrected chi connectivity index (χ4v) is 2.00. The van der Waals surface area contributed by atoms with Crippen LogP contribution < -0.4 is 10.6 Å². The van der Waals surface area contributed by atoms with Gasteiger partial charge in [-0.2, -0.15) is 0 Å². The van der Waals surface area contributed by atoms with Gasteiger partial charge in [0.15, 0.2) is 0 Å². The van der Waals surface area contributed by atoms with E-state index in [-0.39, 0.29) is 6.04 Å². The average molecular weight is 255 g/mol. The Hall–Kier alpha value is -1.87. The van der Waals surface area contributed by atoms with Crippen molar-refractivity contribution in [1.29, 1.82) is 0 Å². The van der Waals surface area contributed by atoms with E-state index < -0.39 is 0 Å². The standard InChI is InChI=1S/C16H21N3/c1-3-15(17)16-10-9-14(11-18-16)19(2)12-13-7-5-4-6-8-13/h4-11,15H,3,12,17H2,1-2H3. The number of nitrogens with zero attached hydrogens (tertiary/aromatic N) is 2. The largest absolute Gasteiger partial charge is 0.369 e. The van der Waals surface area contributed by atoms with E-state index in [4.69, 9.17) is 5.73 Å². The third kappa shape index (κ3) is 3.55. The molecule has 19 heavy (non-hydrogen) atoms. The molecule has 0 amide bonds. The molecule has 1 unspecified atom stereocenters. The van der Waals surface area contributed by atoms with Gasteiger partial charge in [-0.25, -0.2) is 0 Å². The lowest BCUT2D eigenvalue weighted by Gasteiger charge is -2.19. The first-order valence-electron chi connectivity index (χ1n) is 6.67. The van der Waals surface area contributed by atoms with Gasteiger partial charge in [-0.15, -0.1) is 0 Å². The molecule has 2 rings (SSSR count). The third-order valence-corrected chi connectivity index (χ3v) is 3.29. The highest BCUT2D eigenvalue weighted by Gasteiger charge is 2.06. The molecule has 0 saturated heterocycles. The molecular weight excluding hydrogens is 234 g/mol. The Morgan fingerprint density at radius 1 is 1.16 bits per heavy atom. The Kier molecular flexibility index (Phi) is 4.53. The summed E-state index contributed by atoms with van der Waals surface area (Å²) >= 11 is 0. The quantitative estimate of drug-likeness (QED) is 0.892. The number of hydrogen-bond donors (Lipinski definition) is 1. The van der Waals surface area contributed by atoms with Crippen molar-refractivity contribution in [2.75, 3.05) is 11.9 Å². The van der Waals surface area contributed by atoms with Crippen LogP contribution in [0.2, 0.25) is 0 Å². The third-order valence-electron chi connectivity index (χ3n) is 3.29. The van der Waals surface area contributed by atoms with E-state index in [1.807, 2.05) is 18.3 Å². The van der Waals surface area contributed by atoms with Crippen LogP contribution >= 0.6 is 0 Å². The number of nitrogens with two attached hydrogens (primary N) is 1. The Morgan fingerprint density at radius 2 is 1.89 bits per heavy atom. The highest BCUT2D eigenvalue weighted by Crippen LogP contribution is 2.17. The van der Waals surface area contributed by atoms with Crippen LogP contribution in [0, 0.1) is 0 Å². The topological polar surface area (TPSA) is 42.1 Å². The molecule has 0 bridgehead atoms. The predicted octanol–water partition coefficient (Wildman–Crippen LogP) is 3.13. The SMILES string of the molecule is CCC(N)c1ccc(N(C)Cc2ccccc2)cn1. The van der Waals surface area contributed by atoms with Crippen LogP contribution in [0.3, 0.4) is 0 Å². The number of pyridine rings is 1. The second-order valence-electron chi connectivity index (χ2n) is 4.80. The molecule has 0 radical (unpaired) electrons. The van der Waals surface area contributed by atoms with Crippen molar-refractivity contribution in [3.8, 4) is 0 Å². The van der Waals surface area contributed by atoms with Gasteiger partial charge >= 0.3 is 0 Å². The minimum Gasteiger partial charge on any atom is -0.369 e. The zero-order valence-corrected chi connectivity index (χ0v) is 11.6. The summed E-state index contributed by atoms with van der Waals surface area (Å²) in [4.78, 5) is 6.63.